The van der Waals surface area contributed by atoms with Gasteiger partial charge in [-0.1, -0.05) is 0 Å². The van der Waals surface area contributed by atoms with E-state index in [1.807, 2.05) is 0 Å². The molecule has 0 fully saturated rings. The summed E-state index contributed by atoms with van der Waals surface area (Å²) in [6, 6.07) is 0. The molecule has 0 aliphatic rings. The van der Waals surface area contributed by atoms with E-state index in [2.05, 4.69) is 17.5 Å². The van der Waals surface area contributed by atoms with Crippen LogP contribution in [-0.2, 0) is 50.0 Å². The maximum Gasteiger partial charge on any atom is 0.591 e. The van der Waals surface area contributed by atoms with Crippen LogP contribution < -0.4 is 0 Å². The smallest absolute Gasteiger partial charge is 0.196 e. The van der Waals surface area contributed by atoms with Crippen molar-refractivity contribution in [1.82, 2.24) is 0 Å². The number of hydrogen-bond acceptors (Lipinski definition) is 6. The zero-order valence-electron chi connectivity index (χ0n) is 7.61. The molecular weight excluding hydrogens is 315 g/mol. The Morgan fingerprint density at radius 1 is 1.00 bits per heavy atom. The molecule has 9 heteroatoms. The molecule has 85 valence electrons. The Balaban J connectivity index is 0. The zero-order chi connectivity index (χ0) is 9.83. The van der Waals surface area contributed by atoms with E-state index in [-0.39, 0.29) is 22.4 Å². The fraction of sp³-hybridized carbons (Fsp3) is 1.00. The molecule has 0 aromatic heterocycles. The molecule has 1 radical (unpaired) electrons. The minimum Gasteiger partial charge on any atom is -0.196 e. The van der Waals surface area contributed by atoms with Crippen molar-refractivity contribution in [2.24, 2.45) is 0 Å². The second-order valence-corrected chi connectivity index (χ2v) is 5.77. The summed E-state index contributed by atoms with van der Waals surface area (Å²) in [6.07, 6.45) is 0.888. The Bertz CT molecular complexity index is 217. The third-order valence-electron chi connectivity index (χ3n) is 0.898. The Kier molecular flexibility index (Phi) is 8.13. The van der Waals surface area contributed by atoms with Crippen LogP contribution >= 0.6 is 8.17 Å². The molecule has 0 aliphatic heterocycles. The zero-order valence-corrected chi connectivity index (χ0v) is 10.8. The van der Waals surface area contributed by atoms with Crippen LogP contribution in [0.1, 0.15) is 0 Å². The van der Waals surface area contributed by atoms with E-state index in [4.69, 9.17) is 0 Å². The Labute approximate surface area is 94.2 Å². The molecule has 0 aromatic carbocycles. The van der Waals surface area contributed by atoms with Crippen LogP contribution in [0.5, 0.6) is 0 Å². The minimum absolute atomic E-state index is 0. The van der Waals surface area contributed by atoms with Gasteiger partial charge in [0.05, 0.1) is 27.6 Å². The first-order valence-electron chi connectivity index (χ1n) is 2.86. The molecule has 0 spiro atoms. The van der Waals surface area contributed by atoms with Gasteiger partial charge in [0.25, 0.3) is 0 Å². The average Bonchev–Trinajstić information content (AvgIpc) is 1.99. The predicted octanol–water partition coefficient (Wildman–Crippen LogP) is 0.577. The van der Waals surface area contributed by atoms with Gasteiger partial charge in [-0.2, -0.15) is 22.0 Å². The summed E-state index contributed by atoms with van der Waals surface area (Å²) in [5, 5.41) is 0. The van der Waals surface area contributed by atoms with Crippen molar-refractivity contribution >= 4 is 18.3 Å². The van der Waals surface area contributed by atoms with Crippen LogP contribution in [0.3, 0.4) is 0 Å². The van der Waals surface area contributed by atoms with Crippen LogP contribution in [0.4, 0.5) is 0 Å². The molecule has 0 N–H and O–H groups in total. The van der Waals surface area contributed by atoms with Crippen molar-refractivity contribution in [3.05, 3.63) is 0 Å². The van der Waals surface area contributed by atoms with Crippen molar-refractivity contribution in [1.29, 1.82) is 0 Å². The van der Waals surface area contributed by atoms with Gasteiger partial charge in [-0.3, -0.25) is 0 Å². The predicted molar refractivity (Wildman–Crippen MR) is 43.9 cm³/mol. The van der Waals surface area contributed by atoms with Gasteiger partial charge < -0.3 is 0 Å². The molecule has 6 nitrogen and oxygen atoms in total. The van der Waals surface area contributed by atoms with Crippen LogP contribution in [0, 0.1) is 0 Å². The van der Waals surface area contributed by atoms with Crippen molar-refractivity contribution in [3.8, 4) is 0 Å². The molecule has 0 saturated heterocycles. The molecule has 0 amide bonds. The summed E-state index contributed by atoms with van der Waals surface area (Å²) in [4.78, 5) is 0. The standard InChI is InChI=1S/C4H12O6PS.Ag/c1-7-11(8-2,9-3)10-12(4,5)6;/h1-4H3;/q+1;. The molecule has 0 atom stereocenters. The van der Waals surface area contributed by atoms with Gasteiger partial charge in [0, 0.05) is 22.4 Å². The van der Waals surface area contributed by atoms with Crippen molar-refractivity contribution in [2.45, 2.75) is 0 Å². The van der Waals surface area contributed by atoms with Crippen molar-refractivity contribution < 1.29 is 48.3 Å². The molecule has 13 heavy (non-hydrogen) atoms. The molecule has 0 saturated carbocycles. The van der Waals surface area contributed by atoms with E-state index in [1.54, 1.807) is 0 Å². The number of rotatable bonds is 5. The third kappa shape index (κ3) is 6.11. The van der Waals surface area contributed by atoms with Gasteiger partial charge in [-0.15, -0.1) is 0 Å². The normalized spacial score (nSPS) is 12.3. The molecule has 0 unspecified atom stereocenters. The maximum absolute atomic E-state index is 10.7. The first-order valence-corrected chi connectivity index (χ1v) is 6.14. The van der Waals surface area contributed by atoms with Gasteiger partial charge in [0.2, 0.25) is 0 Å². The van der Waals surface area contributed by atoms with Gasteiger partial charge in [0.1, 0.15) is 0 Å². The molecule has 0 aliphatic carbocycles. The molecule has 0 aromatic rings. The molecule has 0 rings (SSSR count). The summed E-state index contributed by atoms with van der Waals surface area (Å²) in [6.45, 7) is 0. The van der Waals surface area contributed by atoms with E-state index in [0.717, 1.165) is 6.26 Å². The van der Waals surface area contributed by atoms with E-state index < -0.39 is 18.3 Å². The topological polar surface area (TPSA) is 71.1 Å². The maximum atomic E-state index is 10.7. The summed E-state index contributed by atoms with van der Waals surface area (Å²) >= 11 is 0. The van der Waals surface area contributed by atoms with Crippen molar-refractivity contribution in [3.63, 3.8) is 0 Å². The summed E-state index contributed by atoms with van der Waals surface area (Å²) in [7, 11) is -3.07. The summed E-state index contributed by atoms with van der Waals surface area (Å²) in [5.41, 5.74) is 0. The molecular formula is C4H12AgO6PS+. The minimum atomic E-state index is -3.64. The van der Waals surface area contributed by atoms with Crippen LogP contribution in [0.15, 0.2) is 0 Å². The first-order chi connectivity index (χ1) is 5.39. The van der Waals surface area contributed by atoms with E-state index in [9.17, 15) is 8.42 Å². The van der Waals surface area contributed by atoms with Gasteiger partial charge >= 0.3 is 18.3 Å². The van der Waals surface area contributed by atoms with Crippen LogP contribution in [0.2, 0.25) is 0 Å². The third-order valence-corrected chi connectivity index (χ3v) is 4.05. The molecule has 0 bridgehead atoms. The SMILES string of the molecule is CO[P+](OC)(OC)OS(C)(=O)=O.[Ag]. The molecule has 0 heterocycles. The van der Waals surface area contributed by atoms with E-state index in [1.165, 1.54) is 21.3 Å². The van der Waals surface area contributed by atoms with Gasteiger partial charge in [0.15, 0.2) is 0 Å². The van der Waals surface area contributed by atoms with Crippen molar-refractivity contribution in [2.75, 3.05) is 27.6 Å². The first kappa shape index (κ1) is 16.4. The van der Waals surface area contributed by atoms with E-state index in [0.29, 0.717) is 0 Å². The van der Waals surface area contributed by atoms with Gasteiger partial charge in [-0.25, -0.2) is 0 Å². The summed E-state index contributed by atoms with van der Waals surface area (Å²) in [5.74, 6) is 0. The Hall–Kier alpha value is 0.960. The largest absolute Gasteiger partial charge is 0.591 e. The Morgan fingerprint density at radius 3 is 1.38 bits per heavy atom. The van der Waals surface area contributed by atoms with Crippen LogP contribution in [0.25, 0.3) is 0 Å². The Morgan fingerprint density at radius 2 is 1.31 bits per heavy atom. The monoisotopic (exact) mass is 326 g/mol. The van der Waals surface area contributed by atoms with Gasteiger partial charge in [-0.05, 0) is 3.97 Å². The summed E-state index contributed by atoms with van der Waals surface area (Å²) < 4.78 is 39.9. The second-order valence-electron chi connectivity index (χ2n) is 1.77. The quantitative estimate of drug-likeness (QED) is 0.543. The average molecular weight is 327 g/mol. The fourth-order valence-electron chi connectivity index (χ4n) is 0.481. The number of hydrogen-bond donors (Lipinski definition) is 0. The second kappa shape index (κ2) is 6.45. The van der Waals surface area contributed by atoms with E-state index >= 15 is 0 Å². The van der Waals surface area contributed by atoms with Crippen LogP contribution in [-0.4, -0.2) is 36.0 Å². The fourth-order valence-corrected chi connectivity index (χ4v) is 2.98.